The fraction of sp³-hybridized carbons (Fsp3) is 0. The zero-order valence-corrected chi connectivity index (χ0v) is 30.6. The van der Waals surface area contributed by atoms with E-state index in [2.05, 4.69) is 193 Å². The van der Waals surface area contributed by atoms with E-state index >= 15 is 0 Å². The van der Waals surface area contributed by atoms with Crippen molar-refractivity contribution in [2.75, 3.05) is 4.90 Å². The van der Waals surface area contributed by atoms with Gasteiger partial charge in [-0.3, -0.25) is 0 Å². The Bertz CT molecular complexity index is 3210. The molecule has 55 heavy (non-hydrogen) atoms. The standard InChI is InChI=1S/C52H33NOS/c1-2-9-37-31-40(17-16-34(37)8-1)39-11-7-10-38(30-39)35-18-23-42(24-19-35)53(44-27-29-52-48(33-44)47-13-4-6-15-51(47)55-52)43-25-20-36(21-26-43)41-22-28-46-45-12-3-5-14-49(45)54-50(46)32-41/h1-33H. The molecule has 0 saturated heterocycles. The minimum atomic E-state index is 0.906. The average molecular weight is 720 g/mol. The predicted octanol–water partition coefficient (Wildman–Crippen LogP) is 15.6. The van der Waals surface area contributed by atoms with Crippen LogP contribution in [0.4, 0.5) is 17.1 Å². The van der Waals surface area contributed by atoms with Gasteiger partial charge < -0.3 is 9.32 Å². The van der Waals surface area contributed by atoms with Gasteiger partial charge in [0.2, 0.25) is 0 Å². The maximum Gasteiger partial charge on any atom is 0.136 e. The Morgan fingerprint density at radius 3 is 1.67 bits per heavy atom. The minimum Gasteiger partial charge on any atom is -0.456 e. The van der Waals surface area contributed by atoms with Gasteiger partial charge in [-0.05, 0) is 123 Å². The maximum atomic E-state index is 6.23. The zero-order chi connectivity index (χ0) is 36.3. The molecule has 2 nitrogen and oxygen atoms in total. The molecule has 0 aliphatic carbocycles. The van der Waals surface area contributed by atoms with Gasteiger partial charge >= 0.3 is 0 Å². The van der Waals surface area contributed by atoms with Gasteiger partial charge in [0.15, 0.2) is 0 Å². The van der Waals surface area contributed by atoms with Gasteiger partial charge in [0.1, 0.15) is 11.2 Å². The molecule has 0 N–H and O–H groups in total. The summed E-state index contributed by atoms with van der Waals surface area (Å²) in [6, 6.07) is 72.3. The van der Waals surface area contributed by atoms with Crippen LogP contribution in [0.3, 0.4) is 0 Å². The number of hydrogen-bond donors (Lipinski definition) is 0. The van der Waals surface area contributed by atoms with Gasteiger partial charge in [-0.25, -0.2) is 0 Å². The molecule has 0 aliphatic rings. The molecule has 3 heteroatoms. The van der Waals surface area contributed by atoms with Crippen molar-refractivity contribution in [1.29, 1.82) is 0 Å². The van der Waals surface area contributed by atoms with Crippen molar-refractivity contribution < 1.29 is 4.42 Å². The minimum absolute atomic E-state index is 0.906. The number of benzene rings is 9. The van der Waals surface area contributed by atoms with Gasteiger partial charge in [0.05, 0.1) is 0 Å². The third-order valence-corrected chi connectivity index (χ3v) is 12.0. The summed E-state index contributed by atoms with van der Waals surface area (Å²) in [4.78, 5) is 2.37. The van der Waals surface area contributed by atoms with Gasteiger partial charge in [-0.2, -0.15) is 0 Å². The molecule has 0 spiro atoms. The molecule has 11 rings (SSSR count). The lowest BCUT2D eigenvalue weighted by Gasteiger charge is -2.26. The molecule has 0 saturated carbocycles. The molecule has 258 valence electrons. The quantitative estimate of drug-likeness (QED) is 0.170. The van der Waals surface area contributed by atoms with Crippen LogP contribution in [0.1, 0.15) is 0 Å². The topological polar surface area (TPSA) is 16.4 Å². The first-order chi connectivity index (χ1) is 27.2. The number of nitrogens with zero attached hydrogens (tertiary/aromatic N) is 1. The second-order valence-electron chi connectivity index (χ2n) is 14.2. The molecular formula is C52H33NOS. The molecule has 11 aromatic rings. The number of rotatable bonds is 6. The largest absolute Gasteiger partial charge is 0.456 e. The van der Waals surface area contributed by atoms with Crippen LogP contribution in [-0.4, -0.2) is 0 Å². The molecule has 9 aromatic carbocycles. The Balaban J connectivity index is 0.974. The Hall–Kier alpha value is -6.94. The van der Waals surface area contributed by atoms with E-state index in [9.17, 15) is 0 Å². The van der Waals surface area contributed by atoms with Crippen molar-refractivity contribution >= 4 is 81.3 Å². The highest BCUT2D eigenvalue weighted by Crippen LogP contribution is 2.42. The highest BCUT2D eigenvalue weighted by Gasteiger charge is 2.16. The molecule has 0 aliphatic heterocycles. The lowest BCUT2D eigenvalue weighted by Crippen LogP contribution is -2.09. The molecule has 0 unspecified atom stereocenters. The fourth-order valence-electron chi connectivity index (χ4n) is 8.06. The van der Waals surface area contributed by atoms with E-state index in [1.807, 2.05) is 23.5 Å². The summed E-state index contributed by atoms with van der Waals surface area (Å²) in [5, 5.41) is 7.37. The molecule has 0 amide bonds. The molecule has 0 radical (unpaired) electrons. The smallest absolute Gasteiger partial charge is 0.136 e. The van der Waals surface area contributed by atoms with Crippen LogP contribution in [0.15, 0.2) is 205 Å². The third kappa shape index (κ3) is 5.56. The first kappa shape index (κ1) is 31.6. The predicted molar refractivity (Wildman–Crippen MR) is 235 cm³/mol. The second kappa shape index (κ2) is 12.9. The Morgan fingerprint density at radius 1 is 0.309 bits per heavy atom. The van der Waals surface area contributed by atoms with Gasteiger partial charge in [-0.15, -0.1) is 11.3 Å². The monoisotopic (exact) mass is 719 g/mol. The summed E-state index contributed by atoms with van der Waals surface area (Å²) >= 11 is 1.85. The highest BCUT2D eigenvalue weighted by molar-refractivity contribution is 7.25. The number of fused-ring (bicyclic) bond motifs is 7. The van der Waals surface area contributed by atoms with Crippen LogP contribution in [0.2, 0.25) is 0 Å². The summed E-state index contributed by atoms with van der Waals surface area (Å²) in [6.45, 7) is 0. The number of hydrogen-bond acceptors (Lipinski definition) is 3. The van der Waals surface area contributed by atoms with E-state index in [0.29, 0.717) is 0 Å². The number of thiophene rings is 1. The van der Waals surface area contributed by atoms with Gasteiger partial charge in [-0.1, -0.05) is 121 Å². The first-order valence-corrected chi connectivity index (χ1v) is 19.5. The molecule has 0 bridgehead atoms. The van der Waals surface area contributed by atoms with Crippen molar-refractivity contribution in [3.63, 3.8) is 0 Å². The van der Waals surface area contributed by atoms with E-state index in [1.54, 1.807) is 0 Å². The molecule has 0 atom stereocenters. The lowest BCUT2D eigenvalue weighted by atomic mass is 9.97. The van der Waals surface area contributed by atoms with Crippen LogP contribution < -0.4 is 4.90 Å². The van der Waals surface area contributed by atoms with Crippen molar-refractivity contribution in [3.05, 3.63) is 200 Å². The van der Waals surface area contributed by atoms with E-state index in [0.717, 1.165) is 50.1 Å². The second-order valence-corrected chi connectivity index (χ2v) is 15.2. The summed E-state index contributed by atoms with van der Waals surface area (Å²) in [7, 11) is 0. The molecule has 0 fully saturated rings. The molecular weight excluding hydrogens is 687 g/mol. The Kier molecular flexibility index (Phi) is 7.39. The fourth-order valence-corrected chi connectivity index (χ4v) is 9.15. The summed E-state index contributed by atoms with van der Waals surface area (Å²) < 4.78 is 8.83. The lowest BCUT2D eigenvalue weighted by molar-refractivity contribution is 0.669. The van der Waals surface area contributed by atoms with Crippen LogP contribution in [-0.2, 0) is 0 Å². The Labute approximate surface area is 322 Å². The Morgan fingerprint density at radius 2 is 0.873 bits per heavy atom. The highest BCUT2D eigenvalue weighted by atomic mass is 32.1. The summed E-state index contributed by atoms with van der Waals surface area (Å²) in [6.07, 6.45) is 0. The first-order valence-electron chi connectivity index (χ1n) is 18.6. The normalized spacial score (nSPS) is 11.6. The molecule has 2 aromatic heterocycles. The number of para-hydroxylation sites is 1. The van der Waals surface area contributed by atoms with Crippen molar-refractivity contribution in [3.8, 4) is 33.4 Å². The van der Waals surface area contributed by atoms with Crippen LogP contribution in [0.5, 0.6) is 0 Å². The average Bonchev–Trinajstić information content (AvgIpc) is 3.82. The van der Waals surface area contributed by atoms with Crippen LogP contribution in [0.25, 0.3) is 86.3 Å². The summed E-state index contributed by atoms with van der Waals surface area (Å²) in [5.41, 5.74) is 12.2. The number of furan rings is 1. The third-order valence-electron chi connectivity index (χ3n) is 10.9. The van der Waals surface area contributed by atoms with E-state index in [1.165, 1.54) is 53.2 Å². The maximum absolute atomic E-state index is 6.23. The van der Waals surface area contributed by atoms with Crippen molar-refractivity contribution in [2.24, 2.45) is 0 Å². The van der Waals surface area contributed by atoms with E-state index in [-0.39, 0.29) is 0 Å². The zero-order valence-electron chi connectivity index (χ0n) is 29.8. The van der Waals surface area contributed by atoms with Crippen LogP contribution in [0, 0.1) is 0 Å². The van der Waals surface area contributed by atoms with E-state index in [4.69, 9.17) is 4.42 Å². The van der Waals surface area contributed by atoms with Gasteiger partial charge in [0.25, 0.3) is 0 Å². The number of anilines is 3. The van der Waals surface area contributed by atoms with Crippen LogP contribution >= 0.6 is 11.3 Å². The summed E-state index contributed by atoms with van der Waals surface area (Å²) in [5.74, 6) is 0. The van der Waals surface area contributed by atoms with Gasteiger partial charge in [0, 0.05) is 48.0 Å². The van der Waals surface area contributed by atoms with E-state index < -0.39 is 0 Å². The van der Waals surface area contributed by atoms with Crippen molar-refractivity contribution in [2.45, 2.75) is 0 Å². The van der Waals surface area contributed by atoms with Crippen molar-refractivity contribution in [1.82, 2.24) is 0 Å². The SMILES string of the molecule is c1cc(-c2ccc(N(c3ccc(-c4ccc5c(c4)oc4ccccc45)cc3)c3ccc4sc5ccccc5c4c3)cc2)cc(-c2ccc3ccccc3c2)c1. The molecule has 2 heterocycles.